The number of rotatable bonds is 4. The molecule has 1 aliphatic rings. The number of aromatic nitrogens is 2. The number of carbonyl (C=O) groups excluding carboxylic acids is 1. The maximum atomic E-state index is 12.0. The van der Waals surface area contributed by atoms with Gasteiger partial charge in [0.25, 0.3) is 0 Å². The summed E-state index contributed by atoms with van der Waals surface area (Å²) in [6.07, 6.45) is 3.85. The zero-order valence-corrected chi connectivity index (χ0v) is 10.3. The molecule has 0 aliphatic carbocycles. The topological polar surface area (TPSA) is 58.2 Å². The number of amides is 1. The maximum absolute atomic E-state index is 12.0. The third kappa shape index (κ3) is 2.85. The summed E-state index contributed by atoms with van der Waals surface area (Å²) in [6, 6.07) is 2.07. The second-order valence-electron chi connectivity index (χ2n) is 4.62. The first-order valence-corrected chi connectivity index (χ1v) is 6.09. The maximum Gasteiger partial charge on any atom is 0.249 e. The molecule has 5 nitrogen and oxygen atoms in total. The van der Waals surface area contributed by atoms with E-state index in [-0.39, 0.29) is 24.7 Å². The molecule has 17 heavy (non-hydrogen) atoms. The van der Waals surface area contributed by atoms with Gasteiger partial charge in [-0.15, -0.1) is 0 Å². The first kappa shape index (κ1) is 12.1. The number of H-pyrrole nitrogens is 1. The molecule has 0 spiro atoms. The van der Waals surface area contributed by atoms with E-state index in [1.165, 1.54) is 0 Å². The van der Waals surface area contributed by atoms with Gasteiger partial charge in [-0.2, -0.15) is 5.10 Å². The molecule has 0 bridgehead atoms. The van der Waals surface area contributed by atoms with Gasteiger partial charge in [-0.25, -0.2) is 0 Å². The first-order valence-electron chi connectivity index (χ1n) is 6.09. The highest BCUT2D eigenvalue weighted by Gasteiger charge is 2.30. The molecule has 94 valence electrons. The fourth-order valence-electron chi connectivity index (χ4n) is 2.16. The van der Waals surface area contributed by atoms with Gasteiger partial charge in [0.15, 0.2) is 0 Å². The van der Waals surface area contributed by atoms with Gasteiger partial charge in [0, 0.05) is 12.7 Å². The number of nitrogens with zero attached hydrogens (tertiary/aromatic N) is 2. The molecule has 1 aromatic heterocycles. The largest absolute Gasteiger partial charge is 0.369 e. The molecule has 0 unspecified atom stereocenters. The van der Waals surface area contributed by atoms with Crippen LogP contribution in [0.5, 0.6) is 0 Å². The van der Waals surface area contributed by atoms with Crippen LogP contribution >= 0.6 is 0 Å². The lowest BCUT2D eigenvalue weighted by Gasteiger charge is -2.24. The Balaban J connectivity index is 1.97. The number of ether oxygens (including phenoxy) is 1. The van der Waals surface area contributed by atoms with E-state index in [1.54, 1.807) is 6.20 Å². The van der Waals surface area contributed by atoms with Gasteiger partial charge in [-0.05, 0) is 32.8 Å². The molecule has 1 N–H and O–H groups in total. The molecule has 1 aliphatic heterocycles. The predicted octanol–water partition coefficient (Wildman–Crippen LogP) is 1.50. The van der Waals surface area contributed by atoms with Crippen LogP contribution in [0, 0.1) is 0 Å². The SMILES string of the molecule is CC(C)OCC(=O)N1CCC[C@@H]1c1ccn[nH]1. The van der Waals surface area contributed by atoms with Gasteiger partial charge >= 0.3 is 0 Å². The zero-order valence-electron chi connectivity index (χ0n) is 10.3. The Kier molecular flexibility index (Phi) is 3.78. The van der Waals surface area contributed by atoms with Crippen molar-refractivity contribution in [3.05, 3.63) is 18.0 Å². The molecular weight excluding hydrogens is 218 g/mol. The van der Waals surface area contributed by atoms with Crippen LogP contribution in [0.2, 0.25) is 0 Å². The normalized spacial score (nSPS) is 20.2. The van der Waals surface area contributed by atoms with E-state index in [9.17, 15) is 4.79 Å². The van der Waals surface area contributed by atoms with Gasteiger partial charge < -0.3 is 9.64 Å². The fourth-order valence-corrected chi connectivity index (χ4v) is 2.16. The van der Waals surface area contributed by atoms with Crippen LogP contribution in [0.3, 0.4) is 0 Å². The summed E-state index contributed by atoms with van der Waals surface area (Å²) in [5.74, 6) is 0.0656. The number of hydrogen-bond donors (Lipinski definition) is 1. The van der Waals surface area contributed by atoms with Crippen molar-refractivity contribution < 1.29 is 9.53 Å². The molecule has 1 amide bonds. The zero-order chi connectivity index (χ0) is 12.3. The average molecular weight is 237 g/mol. The van der Waals surface area contributed by atoms with Crippen molar-refractivity contribution in [2.45, 2.75) is 38.8 Å². The van der Waals surface area contributed by atoms with Gasteiger partial charge in [0.05, 0.1) is 17.8 Å². The number of hydrogen-bond acceptors (Lipinski definition) is 3. The molecule has 2 rings (SSSR count). The summed E-state index contributed by atoms with van der Waals surface area (Å²) < 4.78 is 5.36. The number of aromatic amines is 1. The second kappa shape index (κ2) is 5.31. The van der Waals surface area contributed by atoms with E-state index in [2.05, 4.69) is 10.2 Å². The summed E-state index contributed by atoms with van der Waals surface area (Å²) in [7, 11) is 0. The molecule has 2 heterocycles. The second-order valence-corrected chi connectivity index (χ2v) is 4.62. The van der Waals surface area contributed by atoms with Gasteiger partial charge in [-0.1, -0.05) is 0 Å². The molecule has 0 aromatic carbocycles. The molecule has 1 atom stereocenters. The summed E-state index contributed by atoms with van der Waals surface area (Å²) >= 11 is 0. The third-order valence-corrected chi connectivity index (χ3v) is 2.99. The Labute approximate surface area is 101 Å². The van der Waals surface area contributed by atoms with Crippen LogP contribution in [0.25, 0.3) is 0 Å². The third-order valence-electron chi connectivity index (χ3n) is 2.99. The van der Waals surface area contributed by atoms with Crippen molar-refractivity contribution in [1.82, 2.24) is 15.1 Å². The smallest absolute Gasteiger partial charge is 0.249 e. The molecular formula is C12H19N3O2. The highest BCUT2D eigenvalue weighted by atomic mass is 16.5. The van der Waals surface area contributed by atoms with Crippen molar-refractivity contribution >= 4 is 5.91 Å². The Bertz CT molecular complexity index is 362. The lowest BCUT2D eigenvalue weighted by Crippen LogP contribution is -2.34. The summed E-state index contributed by atoms with van der Waals surface area (Å²) in [5.41, 5.74) is 1.01. The predicted molar refractivity (Wildman–Crippen MR) is 63.4 cm³/mol. The fraction of sp³-hybridized carbons (Fsp3) is 0.667. The number of carbonyl (C=O) groups is 1. The lowest BCUT2D eigenvalue weighted by molar-refractivity contribution is -0.138. The van der Waals surface area contributed by atoms with Crippen molar-refractivity contribution in [2.75, 3.05) is 13.2 Å². The van der Waals surface area contributed by atoms with E-state index in [0.717, 1.165) is 25.1 Å². The Hall–Kier alpha value is -1.36. The van der Waals surface area contributed by atoms with Gasteiger partial charge in [0.1, 0.15) is 6.61 Å². The van der Waals surface area contributed by atoms with E-state index < -0.39 is 0 Å². The van der Waals surface area contributed by atoms with E-state index in [1.807, 2.05) is 24.8 Å². The summed E-state index contributed by atoms with van der Waals surface area (Å²) in [5, 5.41) is 6.88. The van der Waals surface area contributed by atoms with Gasteiger partial charge in [0.2, 0.25) is 5.91 Å². The minimum atomic E-state index is 0.0656. The minimum Gasteiger partial charge on any atom is -0.369 e. The quantitative estimate of drug-likeness (QED) is 0.863. The molecule has 0 saturated carbocycles. The van der Waals surface area contributed by atoms with Crippen LogP contribution < -0.4 is 0 Å². The summed E-state index contributed by atoms with van der Waals surface area (Å²) in [4.78, 5) is 13.9. The Morgan fingerprint density at radius 2 is 2.53 bits per heavy atom. The first-order chi connectivity index (χ1) is 8.18. The highest BCUT2D eigenvalue weighted by molar-refractivity contribution is 5.78. The van der Waals surface area contributed by atoms with Crippen molar-refractivity contribution in [1.29, 1.82) is 0 Å². The number of nitrogens with one attached hydrogen (secondary N) is 1. The monoisotopic (exact) mass is 237 g/mol. The van der Waals surface area contributed by atoms with Crippen LogP contribution in [0.1, 0.15) is 38.4 Å². The van der Waals surface area contributed by atoms with Crippen LogP contribution in [0.15, 0.2) is 12.3 Å². The molecule has 1 saturated heterocycles. The van der Waals surface area contributed by atoms with Gasteiger partial charge in [-0.3, -0.25) is 9.89 Å². The molecule has 0 radical (unpaired) electrons. The minimum absolute atomic E-state index is 0.0656. The van der Waals surface area contributed by atoms with Crippen LogP contribution in [-0.2, 0) is 9.53 Å². The molecule has 1 aromatic rings. The average Bonchev–Trinajstić information content (AvgIpc) is 2.94. The highest BCUT2D eigenvalue weighted by Crippen LogP contribution is 2.30. The number of likely N-dealkylation sites (tertiary alicyclic amines) is 1. The van der Waals surface area contributed by atoms with Crippen molar-refractivity contribution in [3.8, 4) is 0 Å². The molecule has 1 fully saturated rings. The van der Waals surface area contributed by atoms with Crippen molar-refractivity contribution in [2.24, 2.45) is 0 Å². The Morgan fingerprint density at radius 1 is 1.71 bits per heavy atom. The van der Waals surface area contributed by atoms with E-state index >= 15 is 0 Å². The van der Waals surface area contributed by atoms with E-state index in [4.69, 9.17) is 4.74 Å². The van der Waals surface area contributed by atoms with Crippen molar-refractivity contribution in [3.63, 3.8) is 0 Å². The summed E-state index contributed by atoms with van der Waals surface area (Å²) in [6.45, 7) is 4.85. The Morgan fingerprint density at radius 3 is 3.18 bits per heavy atom. The van der Waals surface area contributed by atoms with Crippen LogP contribution in [0.4, 0.5) is 0 Å². The lowest BCUT2D eigenvalue weighted by atomic mass is 10.1. The standard InChI is InChI=1S/C12H19N3O2/c1-9(2)17-8-12(16)15-7-3-4-11(15)10-5-6-13-14-10/h5-6,9,11H,3-4,7-8H2,1-2H3,(H,13,14)/t11-/m1/s1. The van der Waals surface area contributed by atoms with Crippen LogP contribution in [-0.4, -0.2) is 40.3 Å². The van der Waals surface area contributed by atoms with E-state index in [0.29, 0.717) is 0 Å². The molecule has 5 heteroatoms.